The number of sulfonamides is 1. The SMILES string of the molecule is Cc1ccccc1[C@@H](NC(=O)c1ccc(NS(C)(=O)=O)c(Cl)c1)c1ccccc1. The number of carbonyl (C=O) groups is 1. The molecule has 0 saturated carbocycles. The zero-order chi connectivity index (χ0) is 21.0. The largest absolute Gasteiger partial charge is 0.341 e. The topological polar surface area (TPSA) is 75.3 Å². The molecule has 0 spiro atoms. The van der Waals surface area contributed by atoms with Crippen molar-refractivity contribution < 1.29 is 13.2 Å². The minimum atomic E-state index is -3.46. The van der Waals surface area contributed by atoms with E-state index in [2.05, 4.69) is 10.0 Å². The van der Waals surface area contributed by atoms with E-state index in [0.29, 0.717) is 5.56 Å². The van der Waals surface area contributed by atoms with Crippen LogP contribution in [-0.4, -0.2) is 20.6 Å². The van der Waals surface area contributed by atoms with Gasteiger partial charge in [0.1, 0.15) is 0 Å². The number of carbonyl (C=O) groups excluding carboxylic acids is 1. The van der Waals surface area contributed by atoms with E-state index in [-0.39, 0.29) is 22.7 Å². The van der Waals surface area contributed by atoms with E-state index in [9.17, 15) is 13.2 Å². The monoisotopic (exact) mass is 428 g/mol. The van der Waals surface area contributed by atoms with Gasteiger partial charge in [-0.25, -0.2) is 8.42 Å². The molecule has 1 atom stereocenters. The van der Waals surface area contributed by atoms with Crippen LogP contribution in [0.25, 0.3) is 0 Å². The Bertz CT molecular complexity index is 1130. The second-order valence-electron chi connectivity index (χ2n) is 6.74. The molecule has 3 rings (SSSR count). The first-order valence-electron chi connectivity index (χ1n) is 8.93. The summed E-state index contributed by atoms with van der Waals surface area (Å²) in [6.07, 6.45) is 1.04. The zero-order valence-corrected chi connectivity index (χ0v) is 17.6. The van der Waals surface area contributed by atoms with E-state index in [0.717, 1.165) is 22.9 Å². The number of hydrogen-bond donors (Lipinski definition) is 2. The van der Waals surface area contributed by atoms with Crippen LogP contribution in [0.3, 0.4) is 0 Å². The lowest BCUT2D eigenvalue weighted by Gasteiger charge is -2.22. The number of aryl methyl sites for hydroxylation is 1. The Balaban J connectivity index is 1.91. The molecule has 29 heavy (non-hydrogen) atoms. The number of amides is 1. The lowest BCUT2D eigenvalue weighted by molar-refractivity contribution is 0.0943. The number of halogens is 1. The Kier molecular flexibility index (Phi) is 6.25. The Morgan fingerprint density at radius 3 is 2.24 bits per heavy atom. The summed E-state index contributed by atoms with van der Waals surface area (Å²) in [5.41, 5.74) is 3.57. The molecule has 0 unspecified atom stereocenters. The Morgan fingerprint density at radius 2 is 1.62 bits per heavy atom. The number of rotatable bonds is 6. The van der Waals surface area contributed by atoms with E-state index in [1.54, 1.807) is 0 Å². The van der Waals surface area contributed by atoms with Gasteiger partial charge in [0.25, 0.3) is 5.91 Å². The number of hydrogen-bond acceptors (Lipinski definition) is 3. The molecule has 2 N–H and O–H groups in total. The van der Waals surface area contributed by atoms with E-state index in [1.165, 1.54) is 18.2 Å². The molecule has 0 saturated heterocycles. The smallest absolute Gasteiger partial charge is 0.252 e. The van der Waals surface area contributed by atoms with Crippen molar-refractivity contribution in [3.63, 3.8) is 0 Å². The highest BCUT2D eigenvalue weighted by Gasteiger charge is 2.20. The number of nitrogens with one attached hydrogen (secondary N) is 2. The van der Waals surface area contributed by atoms with Crippen LogP contribution >= 0.6 is 11.6 Å². The van der Waals surface area contributed by atoms with Gasteiger partial charge in [-0.1, -0.05) is 66.2 Å². The van der Waals surface area contributed by atoms with E-state index < -0.39 is 10.0 Å². The normalized spacial score (nSPS) is 12.2. The minimum Gasteiger partial charge on any atom is -0.341 e. The van der Waals surface area contributed by atoms with Crippen molar-refractivity contribution in [1.82, 2.24) is 5.32 Å². The van der Waals surface area contributed by atoms with Gasteiger partial charge in [-0.05, 0) is 41.8 Å². The van der Waals surface area contributed by atoms with Gasteiger partial charge in [0.15, 0.2) is 0 Å². The fourth-order valence-electron chi connectivity index (χ4n) is 3.05. The summed E-state index contributed by atoms with van der Waals surface area (Å²) in [5.74, 6) is -0.310. The van der Waals surface area contributed by atoms with Gasteiger partial charge in [0, 0.05) is 5.56 Å². The van der Waals surface area contributed by atoms with Gasteiger partial charge in [-0.15, -0.1) is 0 Å². The Morgan fingerprint density at radius 1 is 0.966 bits per heavy atom. The fraction of sp³-hybridized carbons (Fsp3) is 0.136. The molecule has 0 heterocycles. The summed E-state index contributed by atoms with van der Waals surface area (Å²) in [6.45, 7) is 2.00. The third-order valence-corrected chi connectivity index (χ3v) is 5.34. The first-order chi connectivity index (χ1) is 13.7. The van der Waals surface area contributed by atoms with Crippen molar-refractivity contribution in [3.05, 3.63) is 100 Å². The third kappa shape index (κ3) is 5.37. The van der Waals surface area contributed by atoms with Crippen LogP contribution in [0.1, 0.15) is 33.1 Å². The maximum atomic E-state index is 13.0. The van der Waals surface area contributed by atoms with E-state index >= 15 is 0 Å². The van der Waals surface area contributed by atoms with Crippen LogP contribution < -0.4 is 10.0 Å². The predicted octanol–water partition coefficient (Wildman–Crippen LogP) is 4.54. The second kappa shape index (κ2) is 8.68. The summed E-state index contributed by atoms with van der Waals surface area (Å²) in [4.78, 5) is 13.0. The van der Waals surface area contributed by atoms with Crippen molar-refractivity contribution in [3.8, 4) is 0 Å². The van der Waals surface area contributed by atoms with Gasteiger partial charge in [0.05, 0.1) is 23.0 Å². The lowest BCUT2D eigenvalue weighted by Crippen LogP contribution is -2.29. The average molecular weight is 429 g/mol. The highest BCUT2D eigenvalue weighted by molar-refractivity contribution is 7.92. The summed E-state index contributed by atoms with van der Waals surface area (Å²) in [5, 5.41) is 3.21. The maximum Gasteiger partial charge on any atom is 0.252 e. The summed E-state index contributed by atoms with van der Waals surface area (Å²) in [7, 11) is -3.46. The van der Waals surface area contributed by atoms with Gasteiger partial charge in [-0.3, -0.25) is 9.52 Å². The van der Waals surface area contributed by atoms with Gasteiger partial charge >= 0.3 is 0 Å². The van der Waals surface area contributed by atoms with Crippen molar-refractivity contribution in [2.45, 2.75) is 13.0 Å². The fourth-order valence-corrected chi connectivity index (χ4v) is 3.91. The number of anilines is 1. The van der Waals surface area contributed by atoms with Crippen LogP contribution in [0, 0.1) is 6.92 Å². The molecular weight excluding hydrogens is 408 g/mol. The molecule has 7 heteroatoms. The Hall–Kier alpha value is -2.83. The molecule has 0 aliphatic carbocycles. The first kappa shape index (κ1) is 20.9. The highest BCUT2D eigenvalue weighted by Crippen LogP contribution is 2.27. The molecule has 3 aromatic rings. The molecular formula is C22H21ClN2O3S. The van der Waals surface area contributed by atoms with E-state index in [1.807, 2.05) is 61.5 Å². The highest BCUT2D eigenvalue weighted by atomic mass is 35.5. The maximum absolute atomic E-state index is 13.0. The van der Waals surface area contributed by atoms with Crippen LogP contribution in [-0.2, 0) is 10.0 Å². The summed E-state index contributed by atoms with van der Waals surface area (Å²) in [6, 6.07) is 21.7. The number of benzene rings is 3. The van der Waals surface area contributed by atoms with Crippen molar-refractivity contribution in [2.24, 2.45) is 0 Å². The second-order valence-corrected chi connectivity index (χ2v) is 8.90. The van der Waals surface area contributed by atoms with Gasteiger partial charge < -0.3 is 5.32 Å². The van der Waals surface area contributed by atoms with Crippen LogP contribution in [0.5, 0.6) is 0 Å². The molecule has 0 fully saturated rings. The molecule has 0 aliphatic rings. The molecule has 3 aromatic carbocycles. The van der Waals surface area contributed by atoms with Crippen LogP contribution in [0.15, 0.2) is 72.8 Å². The van der Waals surface area contributed by atoms with Gasteiger partial charge in [-0.2, -0.15) is 0 Å². The average Bonchev–Trinajstić information content (AvgIpc) is 2.68. The summed E-state index contributed by atoms with van der Waals surface area (Å²) < 4.78 is 25.2. The quantitative estimate of drug-likeness (QED) is 0.605. The predicted molar refractivity (Wildman–Crippen MR) is 117 cm³/mol. The van der Waals surface area contributed by atoms with Crippen molar-refractivity contribution >= 4 is 33.2 Å². The van der Waals surface area contributed by atoms with Crippen LogP contribution in [0.2, 0.25) is 5.02 Å². The van der Waals surface area contributed by atoms with Crippen molar-refractivity contribution in [1.29, 1.82) is 0 Å². The zero-order valence-electron chi connectivity index (χ0n) is 16.0. The van der Waals surface area contributed by atoms with Gasteiger partial charge in [0.2, 0.25) is 10.0 Å². The first-order valence-corrected chi connectivity index (χ1v) is 11.2. The molecule has 1 amide bonds. The van der Waals surface area contributed by atoms with E-state index in [4.69, 9.17) is 11.6 Å². The van der Waals surface area contributed by atoms with Crippen molar-refractivity contribution in [2.75, 3.05) is 11.0 Å². The minimum absolute atomic E-state index is 0.148. The van der Waals surface area contributed by atoms with Crippen LogP contribution in [0.4, 0.5) is 5.69 Å². The molecule has 150 valence electrons. The third-order valence-electron chi connectivity index (χ3n) is 4.43. The molecule has 0 aromatic heterocycles. The standard InChI is InChI=1S/C22H21ClN2O3S/c1-15-8-6-7-11-18(15)21(16-9-4-3-5-10-16)24-22(26)17-12-13-20(19(23)14-17)25-29(2,27)28/h3-14,21,25H,1-2H3,(H,24,26)/t21-/m0/s1. The molecule has 0 aliphatic heterocycles. The summed E-state index contributed by atoms with van der Waals surface area (Å²) >= 11 is 6.17. The molecule has 5 nitrogen and oxygen atoms in total. The molecule has 0 radical (unpaired) electrons. The Labute approximate surface area is 175 Å². The molecule has 0 bridgehead atoms. The lowest BCUT2D eigenvalue weighted by atomic mass is 9.94.